The van der Waals surface area contributed by atoms with E-state index in [1.807, 2.05) is 6.92 Å². The Balaban J connectivity index is 2.17. The first-order chi connectivity index (χ1) is 15.3. The number of aliphatic hydroxyl groups excluding tert-OH is 1. The van der Waals surface area contributed by atoms with E-state index >= 15 is 0 Å². The zero-order chi connectivity index (χ0) is 23.4. The summed E-state index contributed by atoms with van der Waals surface area (Å²) < 4.78 is 10.7. The number of hydrogen-bond acceptors (Lipinski definition) is 6. The summed E-state index contributed by atoms with van der Waals surface area (Å²) in [6.45, 7) is 1.93. The molecule has 2 aromatic carbocycles. The lowest BCUT2D eigenvalue weighted by atomic mass is 9.94. The van der Waals surface area contributed by atoms with Crippen molar-refractivity contribution in [1.29, 1.82) is 0 Å². The number of likely N-dealkylation sites (tertiary alicyclic amines) is 1. The van der Waals surface area contributed by atoms with Crippen molar-refractivity contribution in [1.82, 2.24) is 4.90 Å². The Bertz CT molecular complexity index is 1070. The molecule has 168 valence electrons. The average molecular weight is 439 g/mol. The van der Waals surface area contributed by atoms with E-state index in [0.717, 1.165) is 5.56 Å². The molecule has 1 amide bonds. The van der Waals surface area contributed by atoms with Gasteiger partial charge in [-0.05, 0) is 25.5 Å². The zero-order valence-corrected chi connectivity index (χ0v) is 18.1. The van der Waals surface area contributed by atoms with Gasteiger partial charge in [-0.25, -0.2) is 0 Å². The Morgan fingerprint density at radius 1 is 1.03 bits per heavy atom. The van der Waals surface area contributed by atoms with Crippen molar-refractivity contribution >= 4 is 23.4 Å². The number of nitrogens with zero attached hydrogens (tertiary/aromatic N) is 1. The molecule has 8 heteroatoms. The highest BCUT2D eigenvalue weighted by Crippen LogP contribution is 2.43. The molecule has 0 aromatic heterocycles. The second-order valence-electron chi connectivity index (χ2n) is 7.46. The number of aliphatic hydroxyl groups is 1. The molecule has 0 bridgehead atoms. The second-order valence-corrected chi connectivity index (χ2v) is 7.46. The Labute approximate surface area is 185 Å². The van der Waals surface area contributed by atoms with E-state index in [-0.39, 0.29) is 30.7 Å². The van der Waals surface area contributed by atoms with Crippen LogP contribution in [0.2, 0.25) is 0 Å². The molecular formula is C24H25NO7. The Morgan fingerprint density at radius 2 is 1.72 bits per heavy atom. The van der Waals surface area contributed by atoms with Gasteiger partial charge in [0.15, 0.2) is 0 Å². The summed E-state index contributed by atoms with van der Waals surface area (Å²) in [5.74, 6) is -2.04. The number of methoxy groups -OCH3 is 2. The van der Waals surface area contributed by atoms with E-state index in [1.54, 1.807) is 42.5 Å². The first-order valence-electron chi connectivity index (χ1n) is 10.1. The molecule has 1 atom stereocenters. The number of carboxylic acid groups (broad SMARTS) is 1. The van der Waals surface area contributed by atoms with Gasteiger partial charge in [-0.3, -0.25) is 14.4 Å². The molecule has 2 aromatic rings. The van der Waals surface area contributed by atoms with Gasteiger partial charge >= 0.3 is 5.97 Å². The number of ketones is 1. The minimum atomic E-state index is -1.00. The molecular weight excluding hydrogens is 414 g/mol. The molecule has 32 heavy (non-hydrogen) atoms. The van der Waals surface area contributed by atoms with Gasteiger partial charge in [-0.2, -0.15) is 0 Å². The van der Waals surface area contributed by atoms with Crippen LogP contribution >= 0.6 is 0 Å². The fourth-order valence-corrected chi connectivity index (χ4v) is 3.75. The third-order valence-corrected chi connectivity index (χ3v) is 5.39. The van der Waals surface area contributed by atoms with Crippen LogP contribution in [0.1, 0.15) is 35.6 Å². The van der Waals surface area contributed by atoms with E-state index in [9.17, 15) is 19.5 Å². The number of Topliss-reactive ketones (excluding diaryl/α,β-unsaturated/α-hetero) is 1. The number of carboxylic acids is 1. The van der Waals surface area contributed by atoms with Crippen LogP contribution in [0.3, 0.4) is 0 Å². The molecule has 0 aliphatic carbocycles. The summed E-state index contributed by atoms with van der Waals surface area (Å²) >= 11 is 0. The van der Waals surface area contributed by atoms with Crippen LogP contribution in [0.4, 0.5) is 0 Å². The summed E-state index contributed by atoms with van der Waals surface area (Å²) in [5.41, 5.74) is 1.79. The van der Waals surface area contributed by atoms with Gasteiger partial charge < -0.3 is 24.6 Å². The lowest BCUT2D eigenvalue weighted by Crippen LogP contribution is -2.31. The maximum absolute atomic E-state index is 13.0. The molecule has 3 rings (SSSR count). The van der Waals surface area contributed by atoms with Gasteiger partial charge in [-0.1, -0.05) is 29.8 Å². The topological polar surface area (TPSA) is 113 Å². The summed E-state index contributed by atoms with van der Waals surface area (Å²) in [6.07, 6.45) is -0.00464. The highest BCUT2D eigenvalue weighted by atomic mass is 16.5. The van der Waals surface area contributed by atoms with Gasteiger partial charge in [-0.15, -0.1) is 0 Å². The van der Waals surface area contributed by atoms with E-state index in [1.165, 1.54) is 19.1 Å². The number of carbonyl (C=O) groups is 3. The third-order valence-electron chi connectivity index (χ3n) is 5.39. The van der Waals surface area contributed by atoms with Crippen molar-refractivity contribution in [2.75, 3.05) is 20.8 Å². The first kappa shape index (κ1) is 22.9. The Hall–Kier alpha value is -3.81. The average Bonchev–Trinajstić information content (AvgIpc) is 3.03. The van der Waals surface area contributed by atoms with E-state index < -0.39 is 23.7 Å². The maximum atomic E-state index is 13.0. The van der Waals surface area contributed by atoms with Crippen molar-refractivity contribution < 1.29 is 34.1 Å². The molecule has 1 aliphatic heterocycles. The van der Waals surface area contributed by atoms with Crippen molar-refractivity contribution in [2.24, 2.45) is 0 Å². The molecule has 1 unspecified atom stereocenters. The van der Waals surface area contributed by atoms with Crippen molar-refractivity contribution in [3.63, 3.8) is 0 Å². The minimum absolute atomic E-state index is 0.0292. The van der Waals surface area contributed by atoms with E-state index in [4.69, 9.17) is 14.6 Å². The number of carbonyl (C=O) groups excluding carboxylic acids is 2. The quantitative estimate of drug-likeness (QED) is 0.369. The largest absolute Gasteiger partial charge is 0.507 e. The summed E-state index contributed by atoms with van der Waals surface area (Å²) in [7, 11) is 2.96. The normalized spacial score (nSPS) is 17.5. The zero-order valence-electron chi connectivity index (χ0n) is 18.1. The number of ether oxygens (including phenoxy) is 2. The molecule has 8 nitrogen and oxygen atoms in total. The molecule has 1 fully saturated rings. The number of aryl methyl sites for hydroxylation is 1. The molecule has 0 radical (unpaired) electrons. The number of amides is 1. The van der Waals surface area contributed by atoms with Gasteiger partial charge in [0.2, 0.25) is 0 Å². The molecule has 1 aliphatic rings. The summed E-state index contributed by atoms with van der Waals surface area (Å²) in [6, 6.07) is 10.9. The summed E-state index contributed by atoms with van der Waals surface area (Å²) in [5, 5.41) is 20.0. The van der Waals surface area contributed by atoms with Crippen molar-refractivity contribution in [3.8, 4) is 11.5 Å². The predicted molar refractivity (Wildman–Crippen MR) is 117 cm³/mol. The highest BCUT2D eigenvalue weighted by Gasteiger charge is 2.46. The van der Waals surface area contributed by atoms with Crippen LogP contribution in [0.25, 0.3) is 5.76 Å². The number of benzene rings is 2. The number of hydrogen-bond donors (Lipinski definition) is 2. The van der Waals surface area contributed by atoms with Crippen molar-refractivity contribution in [2.45, 2.75) is 25.8 Å². The van der Waals surface area contributed by atoms with Crippen LogP contribution in [-0.4, -0.2) is 53.5 Å². The fraction of sp³-hybridized carbons (Fsp3) is 0.292. The molecule has 1 heterocycles. The van der Waals surface area contributed by atoms with Crippen LogP contribution in [-0.2, 0) is 14.4 Å². The molecule has 0 saturated carbocycles. The van der Waals surface area contributed by atoms with E-state index in [2.05, 4.69) is 0 Å². The lowest BCUT2D eigenvalue weighted by Gasteiger charge is -2.26. The Morgan fingerprint density at radius 3 is 2.31 bits per heavy atom. The molecule has 2 N–H and O–H groups in total. The molecule has 1 saturated heterocycles. The monoisotopic (exact) mass is 439 g/mol. The van der Waals surface area contributed by atoms with E-state index in [0.29, 0.717) is 22.6 Å². The lowest BCUT2D eigenvalue weighted by molar-refractivity contribution is -0.140. The third kappa shape index (κ3) is 4.44. The second kappa shape index (κ2) is 9.55. The highest BCUT2D eigenvalue weighted by molar-refractivity contribution is 6.46. The minimum Gasteiger partial charge on any atom is -0.507 e. The standard InChI is InChI=1S/C24H25NO7/c1-14-6-8-15(9-7-14)22(28)20-21(17-11-10-16(31-2)13-18(17)32-3)25(24(30)23(20)29)12-4-5-19(26)27/h6-11,13,21,28H,4-5,12H2,1-3H3,(H,26,27)/b22-20-. The van der Waals surface area contributed by atoms with Crippen LogP contribution < -0.4 is 9.47 Å². The van der Waals surface area contributed by atoms with Crippen LogP contribution in [0, 0.1) is 6.92 Å². The maximum Gasteiger partial charge on any atom is 0.303 e. The van der Waals surface area contributed by atoms with Crippen molar-refractivity contribution in [3.05, 3.63) is 64.7 Å². The van der Waals surface area contributed by atoms with Crippen LogP contribution in [0.15, 0.2) is 48.0 Å². The van der Waals surface area contributed by atoms with Gasteiger partial charge in [0, 0.05) is 30.2 Å². The van der Waals surface area contributed by atoms with Crippen LogP contribution in [0.5, 0.6) is 11.5 Å². The Kier molecular flexibility index (Phi) is 6.82. The smallest absolute Gasteiger partial charge is 0.303 e. The summed E-state index contributed by atoms with van der Waals surface area (Å²) in [4.78, 5) is 38.2. The number of aliphatic carboxylic acids is 1. The number of rotatable bonds is 8. The van der Waals surface area contributed by atoms with Gasteiger partial charge in [0.05, 0.1) is 25.8 Å². The molecule has 0 spiro atoms. The predicted octanol–water partition coefficient (Wildman–Crippen LogP) is 3.30. The van der Waals surface area contributed by atoms with Gasteiger partial charge in [0.1, 0.15) is 17.3 Å². The van der Waals surface area contributed by atoms with Gasteiger partial charge in [0.25, 0.3) is 11.7 Å². The SMILES string of the molecule is COc1ccc(C2/C(=C(/O)c3ccc(C)cc3)C(=O)C(=O)N2CCCC(=O)O)c(OC)c1. The fourth-order valence-electron chi connectivity index (χ4n) is 3.75. The first-order valence-corrected chi connectivity index (χ1v) is 10.1.